The molecule has 0 fully saturated rings. The third kappa shape index (κ3) is 1.32. The first-order valence-corrected chi connectivity index (χ1v) is 5.30. The number of carbonyl (C=O) groups excluding carboxylic acids is 1. The summed E-state index contributed by atoms with van der Waals surface area (Å²) in [6.07, 6.45) is 0. The lowest BCUT2D eigenvalue weighted by Gasteiger charge is -2.01. The average Bonchev–Trinajstić information content (AvgIpc) is 2.69. The molecular formula is C12H10N4O. The van der Waals surface area contributed by atoms with Crippen molar-refractivity contribution in [2.24, 2.45) is 0 Å². The van der Waals surface area contributed by atoms with Crippen LogP contribution in [0.1, 0.15) is 23.1 Å². The summed E-state index contributed by atoms with van der Waals surface area (Å²) >= 11 is 0. The highest BCUT2D eigenvalue weighted by molar-refractivity contribution is 5.95. The van der Waals surface area contributed by atoms with E-state index in [1.54, 1.807) is 4.52 Å². The molecule has 0 bridgehead atoms. The second-order valence-electron chi connectivity index (χ2n) is 3.94. The molecule has 2 aromatic heterocycles. The van der Waals surface area contributed by atoms with Crippen LogP contribution in [0.5, 0.6) is 0 Å². The highest BCUT2D eigenvalue weighted by atomic mass is 16.1. The number of Topliss-reactive ketones (excluding diaryl/α,β-unsaturated/α-hetero) is 1. The average molecular weight is 226 g/mol. The lowest BCUT2D eigenvalue weighted by atomic mass is 10.2. The van der Waals surface area contributed by atoms with Gasteiger partial charge in [0.25, 0.3) is 0 Å². The number of hydrogen-bond acceptors (Lipinski definition) is 4. The second kappa shape index (κ2) is 3.35. The molecule has 84 valence electrons. The molecule has 0 radical (unpaired) electrons. The summed E-state index contributed by atoms with van der Waals surface area (Å²) < 4.78 is 1.67. The van der Waals surface area contributed by atoms with Gasteiger partial charge in [-0.2, -0.15) is 5.10 Å². The molecule has 5 heteroatoms. The molecule has 0 aliphatic carbocycles. The third-order valence-electron chi connectivity index (χ3n) is 2.79. The van der Waals surface area contributed by atoms with Gasteiger partial charge in [-0.15, -0.1) is 10.2 Å². The van der Waals surface area contributed by atoms with Crippen LogP contribution in [-0.4, -0.2) is 25.6 Å². The van der Waals surface area contributed by atoms with E-state index in [0.717, 1.165) is 16.6 Å². The fraction of sp³-hybridized carbons (Fsp3) is 0.167. The van der Waals surface area contributed by atoms with E-state index in [0.29, 0.717) is 11.3 Å². The number of nitrogens with zero attached hydrogens (tertiary/aromatic N) is 4. The summed E-state index contributed by atoms with van der Waals surface area (Å²) in [5.41, 5.74) is 2.62. The Labute approximate surface area is 97.1 Å². The second-order valence-corrected chi connectivity index (χ2v) is 3.94. The van der Waals surface area contributed by atoms with Gasteiger partial charge in [0, 0.05) is 12.3 Å². The SMILES string of the molecule is CC(=O)c1nnc2c3ccccc3nn2c1C. The number of fused-ring (bicyclic) bond motifs is 3. The number of ketones is 1. The Balaban J connectivity index is 2.48. The van der Waals surface area contributed by atoms with Crippen molar-refractivity contribution in [1.29, 1.82) is 0 Å². The van der Waals surface area contributed by atoms with E-state index in [-0.39, 0.29) is 5.78 Å². The van der Waals surface area contributed by atoms with E-state index >= 15 is 0 Å². The monoisotopic (exact) mass is 226 g/mol. The Morgan fingerprint density at radius 1 is 1.24 bits per heavy atom. The highest BCUT2D eigenvalue weighted by Gasteiger charge is 2.14. The molecule has 2 heterocycles. The molecule has 0 aliphatic heterocycles. The molecule has 0 saturated carbocycles. The number of aromatic nitrogens is 4. The van der Waals surface area contributed by atoms with Gasteiger partial charge in [0.15, 0.2) is 11.4 Å². The van der Waals surface area contributed by atoms with Crippen molar-refractivity contribution in [3.8, 4) is 0 Å². The molecule has 0 saturated heterocycles. The van der Waals surface area contributed by atoms with Gasteiger partial charge < -0.3 is 0 Å². The lowest BCUT2D eigenvalue weighted by Crippen LogP contribution is -2.08. The van der Waals surface area contributed by atoms with Crippen LogP contribution in [0, 0.1) is 6.92 Å². The molecule has 3 aromatic rings. The number of aryl methyl sites for hydroxylation is 1. The Morgan fingerprint density at radius 3 is 2.76 bits per heavy atom. The van der Waals surface area contributed by atoms with Crippen LogP contribution < -0.4 is 0 Å². The largest absolute Gasteiger partial charge is 0.293 e. The van der Waals surface area contributed by atoms with E-state index in [9.17, 15) is 4.79 Å². The normalized spacial score (nSPS) is 11.2. The maximum Gasteiger partial charge on any atom is 0.185 e. The third-order valence-corrected chi connectivity index (χ3v) is 2.79. The van der Waals surface area contributed by atoms with Crippen LogP contribution in [0.2, 0.25) is 0 Å². The van der Waals surface area contributed by atoms with Crippen LogP contribution >= 0.6 is 0 Å². The quantitative estimate of drug-likeness (QED) is 0.593. The Hall–Kier alpha value is -2.30. The fourth-order valence-corrected chi connectivity index (χ4v) is 1.94. The topological polar surface area (TPSA) is 60.2 Å². The van der Waals surface area contributed by atoms with Crippen molar-refractivity contribution >= 4 is 22.3 Å². The summed E-state index contributed by atoms with van der Waals surface area (Å²) in [6.45, 7) is 3.30. The number of benzene rings is 1. The van der Waals surface area contributed by atoms with Crippen molar-refractivity contribution in [3.05, 3.63) is 35.7 Å². The van der Waals surface area contributed by atoms with E-state index in [1.807, 2.05) is 31.2 Å². The summed E-state index contributed by atoms with van der Waals surface area (Å²) in [5, 5.41) is 13.4. The number of carbonyl (C=O) groups is 1. The van der Waals surface area contributed by atoms with Crippen LogP contribution in [0.3, 0.4) is 0 Å². The maximum absolute atomic E-state index is 11.4. The molecule has 5 nitrogen and oxygen atoms in total. The zero-order valence-electron chi connectivity index (χ0n) is 9.51. The zero-order valence-corrected chi connectivity index (χ0v) is 9.51. The Kier molecular flexibility index (Phi) is 1.95. The predicted octanol–water partition coefficient (Wildman–Crippen LogP) is 1.79. The van der Waals surface area contributed by atoms with E-state index < -0.39 is 0 Å². The van der Waals surface area contributed by atoms with E-state index in [2.05, 4.69) is 15.3 Å². The molecule has 0 spiro atoms. The minimum atomic E-state index is -0.101. The molecule has 0 unspecified atom stereocenters. The van der Waals surface area contributed by atoms with Crippen LogP contribution in [0.4, 0.5) is 0 Å². The van der Waals surface area contributed by atoms with Crippen LogP contribution in [0.15, 0.2) is 24.3 Å². The molecular weight excluding hydrogens is 216 g/mol. The summed E-state index contributed by atoms with van der Waals surface area (Å²) in [7, 11) is 0. The standard InChI is InChI=1S/C12H10N4O/c1-7-11(8(2)17)13-14-12-9-5-3-4-6-10(9)15-16(7)12/h3-6H,1-2H3. The van der Waals surface area contributed by atoms with Crippen molar-refractivity contribution in [2.45, 2.75) is 13.8 Å². The maximum atomic E-state index is 11.4. The van der Waals surface area contributed by atoms with Crippen molar-refractivity contribution in [2.75, 3.05) is 0 Å². The van der Waals surface area contributed by atoms with Gasteiger partial charge in [-0.1, -0.05) is 12.1 Å². The van der Waals surface area contributed by atoms with Gasteiger partial charge in [-0.3, -0.25) is 4.79 Å². The molecule has 0 amide bonds. The Bertz CT molecular complexity index is 745. The number of rotatable bonds is 1. The zero-order chi connectivity index (χ0) is 12.0. The van der Waals surface area contributed by atoms with Crippen molar-refractivity contribution < 1.29 is 4.79 Å². The van der Waals surface area contributed by atoms with Gasteiger partial charge in [0.1, 0.15) is 5.69 Å². The number of hydrogen-bond donors (Lipinski definition) is 0. The molecule has 0 N–H and O–H groups in total. The van der Waals surface area contributed by atoms with Gasteiger partial charge in [-0.05, 0) is 19.1 Å². The van der Waals surface area contributed by atoms with Gasteiger partial charge >= 0.3 is 0 Å². The molecule has 0 atom stereocenters. The van der Waals surface area contributed by atoms with Crippen LogP contribution in [0.25, 0.3) is 16.6 Å². The van der Waals surface area contributed by atoms with Gasteiger partial charge in [0.2, 0.25) is 0 Å². The summed E-state index contributed by atoms with van der Waals surface area (Å²) in [4.78, 5) is 11.4. The molecule has 17 heavy (non-hydrogen) atoms. The van der Waals surface area contributed by atoms with Gasteiger partial charge in [-0.25, -0.2) is 4.52 Å². The molecule has 3 rings (SSSR count). The summed E-state index contributed by atoms with van der Waals surface area (Å²) in [5.74, 6) is -0.101. The van der Waals surface area contributed by atoms with Crippen molar-refractivity contribution in [1.82, 2.24) is 19.8 Å². The molecule has 0 aliphatic rings. The first-order valence-electron chi connectivity index (χ1n) is 5.30. The van der Waals surface area contributed by atoms with E-state index in [1.165, 1.54) is 6.92 Å². The first-order chi connectivity index (χ1) is 8.18. The highest BCUT2D eigenvalue weighted by Crippen LogP contribution is 2.18. The summed E-state index contributed by atoms with van der Waals surface area (Å²) in [6, 6.07) is 7.71. The smallest absolute Gasteiger partial charge is 0.185 e. The molecule has 1 aromatic carbocycles. The minimum Gasteiger partial charge on any atom is -0.293 e. The van der Waals surface area contributed by atoms with Gasteiger partial charge in [0.05, 0.1) is 11.2 Å². The fourth-order valence-electron chi connectivity index (χ4n) is 1.94. The first kappa shape index (κ1) is 9.89. The lowest BCUT2D eigenvalue weighted by molar-refractivity contribution is 0.101. The van der Waals surface area contributed by atoms with Crippen molar-refractivity contribution in [3.63, 3.8) is 0 Å². The predicted molar refractivity (Wildman–Crippen MR) is 63.0 cm³/mol. The van der Waals surface area contributed by atoms with E-state index in [4.69, 9.17) is 0 Å². The van der Waals surface area contributed by atoms with Crippen LogP contribution in [-0.2, 0) is 0 Å². The minimum absolute atomic E-state index is 0.101. The Morgan fingerprint density at radius 2 is 2.00 bits per heavy atom.